The molecule has 0 aliphatic rings. The lowest BCUT2D eigenvalue weighted by atomic mass is 9.96. The molecule has 0 fully saturated rings. The number of benzene rings is 2. The second-order valence-corrected chi connectivity index (χ2v) is 5.65. The fourth-order valence-electron chi connectivity index (χ4n) is 2.18. The lowest BCUT2D eigenvalue weighted by molar-refractivity contribution is -0.123. The molecule has 0 radical (unpaired) electrons. The summed E-state index contributed by atoms with van der Waals surface area (Å²) in [7, 11) is 0. The van der Waals surface area contributed by atoms with Crippen molar-refractivity contribution in [3.8, 4) is 0 Å². The fourth-order valence-corrected chi connectivity index (χ4v) is 2.64. The standard InChI is InChI=1S/C17H17BrN2O2/c1-2-13(12-8-4-3-5-9-12)16(21)19-20-17(22)14-10-6-7-11-15(14)18/h3-11,13H,2H2,1H3,(H,19,21)(H,20,22). The number of nitrogens with one attached hydrogen (secondary N) is 2. The van der Waals surface area contributed by atoms with Gasteiger partial charge in [0, 0.05) is 4.47 Å². The predicted octanol–water partition coefficient (Wildman–Crippen LogP) is 3.40. The van der Waals surface area contributed by atoms with E-state index in [4.69, 9.17) is 0 Å². The highest BCUT2D eigenvalue weighted by molar-refractivity contribution is 9.10. The van der Waals surface area contributed by atoms with Crippen LogP contribution in [0.3, 0.4) is 0 Å². The van der Waals surface area contributed by atoms with Crippen molar-refractivity contribution >= 4 is 27.7 Å². The zero-order valence-corrected chi connectivity index (χ0v) is 13.8. The second kappa shape index (κ2) is 7.75. The van der Waals surface area contributed by atoms with Gasteiger partial charge in [0.25, 0.3) is 5.91 Å². The van der Waals surface area contributed by atoms with Crippen molar-refractivity contribution in [1.82, 2.24) is 10.9 Å². The van der Waals surface area contributed by atoms with Crippen LogP contribution < -0.4 is 10.9 Å². The molecular weight excluding hydrogens is 344 g/mol. The Morgan fingerprint density at radius 1 is 1.00 bits per heavy atom. The molecule has 0 aliphatic heterocycles. The van der Waals surface area contributed by atoms with Crippen LogP contribution in [-0.2, 0) is 4.79 Å². The average Bonchev–Trinajstić information content (AvgIpc) is 2.55. The first-order valence-electron chi connectivity index (χ1n) is 7.03. The lowest BCUT2D eigenvalue weighted by Crippen LogP contribution is -2.44. The average molecular weight is 361 g/mol. The van der Waals surface area contributed by atoms with E-state index in [0.29, 0.717) is 16.5 Å². The Balaban J connectivity index is 2.00. The number of hydrazine groups is 1. The molecule has 1 atom stereocenters. The van der Waals surface area contributed by atoms with Crippen LogP contribution in [0.4, 0.5) is 0 Å². The van der Waals surface area contributed by atoms with Crippen molar-refractivity contribution in [2.45, 2.75) is 19.3 Å². The molecule has 2 rings (SSSR count). The normalized spacial score (nSPS) is 11.5. The molecule has 114 valence electrons. The van der Waals surface area contributed by atoms with Gasteiger partial charge < -0.3 is 0 Å². The van der Waals surface area contributed by atoms with Crippen molar-refractivity contribution in [3.05, 3.63) is 70.2 Å². The number of carbonyl (C=O) groups is 2. The predicted molar refractivity (Wildman–Crippen MR) is 89.2 cm³/mol. The molecule has 1 unspecified atom stereocenters. The number of carbonyl (C=O) groups excluding carboxylic acids is 2. The minimum absolute atomic E-state index is 0.228. The number of hydrogen-bond donors (Lipinski definition) is 2. The first kappa shape index (κ1) is 16.2. The molecule has 2 amide bonds. The molecular formula is C17H17BrN2O2. The van der Waals surface area contributed by atoms with Gasteiger partial charge in [-0.1, -0.05) is 49.4 Å². The van der Waals surface area contributed by atoms with Crippen LogP contribution >= 0.6 is 15.9 Å². The largest absolute Gasteiger partial charge is 0.273 e. The van der Waals surface area contributed by atoms with Crippen LogP contribution in [0.2, 0.25) is 0 Å². The lowest BCUT2D eigenvalue weighted by Gasteiger charge is -2.16. The molecule has 2 N–H and O–H groups in total. The maximum Gasteiger partial charge on any atom is 0.270 e. The fraction of sp³-hybridized carbons (Fsp3) is 0.176. The summed E-state index contributed by atoms with van der Waals surface area (Å²) in [6.45, 7) is 1.94. The van der Waals surface area contributed by atoms with E-state index >= 15 is 0 Å². The highest BCUT2D eigenvalue weighted by atomic mass is 79.9. The Morgan fingerprint density at radius 3 is 2.27 bits per heavy atom. The van der Waals surface area contributed by atoms with E-state index in [1.165, 1.54) is 0 Å². The zero-order valence-electron chi connectivity index (χ0n) is 12.2. The van der Waals surface area contributed by atoms with Gasteiger partial charge in [-0.3, -0.25) is 20.4 Å². The van der Waals surface area contributed by atoms with Gasteiger partial charge in [0.1, 0.15) is 0 Å². The summed E-state index contributed by atoms with van der Waals surface area (Å²) in [6.07, 6.45) is 0.654. The molecule has 22 heavy (non-hydrogen) atoms. The zero-order chi connectivity index (χ0) is 15.9. The van der Waals surface area contributed by atoms with Crippen molar-refractivity contribution < 1.29 is 9.59 Å². The molecule has 5 heteroatoms. The molecule has 0 bridgehead atoms. The molecule has 0 aromatic heterocycles. The minimum atomic E-state index is -0.358. The maximum absolute atomic E-state index is 12.3. The highest BCUT2D eigenvalue weighted by Crippen LogP contribution is 2.19. The van der Waals surface area contributed by atoms with Crippen molar-refractivity contribution in [1.29, 1.82) is 0 Å². The van der Waals surface area contributed by atoms with E-state index < -0.39 is 0 Å². The van der Waals surface area contributed by atoms with E-state index in [2.05, 4.69) is 26.8 Å². The first-order chi connectivity index (χ1) is 10.6. The molecule has 0 aliphatic carbocycles. The van der Waals surface area contributed by atoms with Gasteiger partial charge in [0.05, 0.1) is 11.5 Å². The SMILES string of the molecule is CCC(C(=O)NNC(=O)c1ccccc1Br)c1ccccc1. The van der Waals surface area contributed by atoms with Crippen molar-refractivity contribution in [3.63, 3.8) is 0 Å². The smallest absolute Gasteiger partial charge is 0.270 e. The summed E-state index contributed by atoms with van der Waals surface area (Å²) < 4.78 is 0.678. The molecule has 0 spiro atoms. The van der Waals surface area contributed by atoms with Crippen molar-refractivity contribution in [2.24, 2.45) is 0 Å². The first-order valence-corrected chi connectivity index (χ1v) is 7.82. The quantitative estimate of drug-likeness (QED) is 0.820. The number of halogens is 1. The van der Waals surface area contributed by atoms with Gasteiger partial charge in [0.15, 0.2) is 0 Å². The summed E-state index contributed by atoms with van der Waals surface area (Å²) in [5, 5.41) is 0. The topological polar surface area (TPSA) is 58.2 Å². The Labute approximate surface area is 138 Å². The summed E-state index contributed by atoms with van der Waals surface area (Å²) in [6, 6.07) is 16.5. The summed E-state index contributed by atoms with van der Waals surface area (Å²) in [5.74, 6) is -0.876. The number of amides is 2. The van der Waals surface area contributed by atoms with Crippen LogP contribution in [0.1, 0.15) is 35.2 Å². The molecule has 0 saturated carbocycles. The second-order valence-electron chi connectivity index (χ2n) is 4.79. The highest BCUT2D eigenvalue weighted by Gasteiger charge is 2.19. The molecule has 4 nitrogen and oxygen atoms in total. The van der Waals surface area contributed by atoms with Gasteiger partial charge in [-0.2, -0.15) is 0 Å². The Hall–Kier alpha value is -2.14. The summed E-state index contributed by atoms with van der Waals surface area (Å²) >= 11 is 3.31. The number of hydrogen-bond acceptors (Lipinski definition) is 2. The maximum atomic E-state index is 12.3. The Kier molecular flexibility index (Phi) is 5.72. The summed E-state index contributed by atoms with van der Waals surface area (Å²) in [5.41, 5.74) is 6.35. The Morgan fingerprint density at radius 2 is 1.64 bits per heavy atom. The third-order valence-corrected chi connectivity index (χ3v) is 4.04. The third kappa shape index (κ3) is 3.95. The van der Waals surface area contributed by atoms with E-state index in [1.807, 2.05) is 43.3 Å². The monoisotopic (exact) mass is 360 g/mol. The van der Waals surface area contributed by atoms with Gasteiger partial charge >= 0.3 is 0 Å². The van der Waals surface area contributed by atoms with Crippen LogP contribution in [0.15, 0.2) is 59.1 Å². The molecule has 0 heterocycles. The molecule has 2 aromatic rings. The van der Waals surface area contributed by atoms with Crippen LogP contribution in [0.25, 0.3) is 0 Å². The molecule has 2 aromatic carbocycles. The van der Waals surface area contributed by atoms with Crippen LogP contribution in [0, 0.1) is 0 Å². The van der Waals surface area contributed by atoms with Gasteiger partial charge in [-0.15, -0.1) is 0 Å². The van der Waals surface area contributed by atoms with E-state index in [1.54, 1.807) is 18.2 Å². The van der Waals surface area contributed by atoms with Gasteiger partial charge in [0.2, 0.25) is 5.91 Å². The number of rotatable bonds is 4. The third-order valence-electron chi connectivity index (χ3n) is 3.34. The van der Waals surface area contributed by atoms with E-state index in [-0.39, 0.29) is 17.7 Å². The van der Waals surface area contributed by atoms with Gasteiger partial charge in [-0.05, 0) is 40.0 Å². The molecule has 0 saturated heterocycles. The van der Waals surface area contributed by atoms with Crippen molar-refractivity contribution in [2.75, 3.05) is 0 Å². The van der Waals surface area contributed by atoms with Gasteiger partial charge in [-0.25, -0.2) is 0 Å². The van der Waals surface area contributed by atoms with E-state index in [0.717, 1.165) is 5.56 Å². The van der Waals surface area contributed by atoms with E-state index in [9.17, 15) is 9.59 Å². The minimum Gasteiger partial charge on any atom is -0.273 e. The summed E-state index contributed by atoms with van der Waals surface area (Å²) in [4.78, 5) is 24.3. The van der Waals surface area contributed by atoms with Crippen LogP contribution in [-0.4, -0.2) is 11.8 Å². The van der Waals surface area contributed by atoms with Crippen LogP contribution in [0.5, 0.6) is 0 Å². The Bertz CT molecular complexity index is 659.